The lowest BCUT2D eigenvalue weighted by molar-refractivity contribution is -0.151. The molecule has 6 heteroatoms. The van der Waals surface area contributed by atoms with Gasteiger partial charge in [0.2, 0.25) is 11.8 Å². The van der Waals surface area contributed by atoms with E-state index in [1.807, 2.05) is 27.7 Å². The van der Waals surface area contributed by atoms with Gasteiger partial charge in [-0.25, -0.2) is 0 Å². The summed E-state index contributed by atoms with van der Waals surface area (Å²) < 4.78 is 11.5. The Bertz CT molecular complexity index is 403. The minimum atomic E-state index is -1.01. The van der Waals surface area contributed by atoms with Gasteiger partial charge in [-0.05, 0) is 19.3 Å². The summed E-state index contributed by atoms with van der Waals surface area (Å²) in [6, 6.07) is -1.02. The number of carbonyl (C=O) groups excluding carboxylic acids is 2. The Morgan fingerprint density at radius 2 is 1.89 bits per heavy atom. The predicted octanol–water partition coefficient (Wildman–Crippen LogP) is 0.515. The highest BCUT2D eigenvalue weighted by Crippen LogP contribution is 2.25. The van der Waals surface area contributed by atoms with Crippen molar-refractivity contribution >= 4 is 22.6 Å². The summed E-state index contributed by atoms with van der Waals surface area (Å²) in [6.07, 6.45) is 1.62. The van der Waals surface area contributed by atoms with Gasteiger partial charge in [0.1, 0.15) is 12.1 Å². The summed E-state index contributed by atoms with van der Waals surface area (Å²) in [7, 11) is -1.01. The molecule has 0 radical (unpaired) electrons. The lowest BCUT2D eigenvalue weighted by Crippen LogP contribution is -2.66. The molecule has 4 unspecified atom stereocenters. The molecular weight excluding hydrogens is 264 g/mol. The molecule has 1 N–H and O–H groups in total. The van der Waals surface area contributed by atoms with Crippen molar-refractivity contribution in [1.82, 2.24) is 10.2 Å². The van der Waals surface area contributed by atoms with E-state index >= 15 is 0 Å². The molecule has 5 nitrogen and oxygen atoms in total. The van der Waals surface area contributed by atoms with Crippen LogP contribution in [0.1, 0.15) is 34.6 Å². The third-order valence-electron chi connectivity index (χ3n) is 3.55. The Hall–Kier alpha value is -0.910. The number of rotatable bonds is 3. The Balaban J connectivity index is 2.97. The van der Waals surface area contributed by atoms with Gasteiger partial charge >= 0.3 is 0 Å². The number of carbonyl (C=O) groups is 2. The molecule has 1 fully saturated rings. The van der Waals surface area contributed by atoms with Crippen molar-refractivity contribution in [3.63, 3.8) is 0 Å². The quantitative estimate of drug-likeness (QED) is 0.823. The van der Waals surface area contributed by atoms with Crippen LogP contribution in [0, 0.1) is 5.41 Å². The van der Waals surface area contributed by atoms with E-state index in [1.165, 1.54) is 0 Å². The predicted molar refractivity (Wildman–Crippen MR) is 76.1 cm³/mol. The lowest BCUT2D eigenvalue weighted by Gasteiger charge is -2.42. The maximum absolute atomic E-state index is 12.5. The Kier molecular flexibility index (Phi) is 4.76. The van der Waals surface area contributed by atoms with Gasteiger partial charge in [0.15, 0.2) is 0 Å². The van der Waals surface area contributed by atoms with Crippen LogP contribution in [0.4, 0.5) is 0 Å². The maximum atomic E-state index is 12.5. The first-order valence-corrected chi connectivity index (χ1v) is 8.11. The van der Waals surface area contributed by atoms with Crippen LogP contribution in [0.2, 0.25) is 0 Å². The number of amides is 2. The van der Waals surface area contributed by atoms with Gasteiger partial charge in [-0.1, -0.05) is 20.8 Å². The Morgan fingerprint density at radius 3 is 2.32 bits per heavy atom. The first-order chi connectivity index (χ1) is 8.55. The summed E-state index contributed by atoms with van der Waals surface area (Å²) in [4.78, 5) is 26.0. The van der Waals surface area contributed by atoms with Crippen LogP contribution in [0.15, 0.2) is 0 Å². The standard InChI is InChI=1S/C13H24N2O3S/c1-8(19(6)18)7-15-9(2)11(16)14-10(12(15)17)13(3,4)5/h8-10H,7H2,1-6H3,(H,14,16). The highest BCUT2D eigenvalue weighted by atomic mass is 32.2. The second-order valence-corrected chi connectivity index (χ2v) is 8.09. The third-order valence-corrected chi connectivity index (χ3v) is 4.83. The highest BCUT2D eigenvalue weighted by molar-refractivity contribution is 7.84. The summed E-state index contributed by atoms with van der Waals surface area (Å²) in [6.45, 7) is 9.65. The molecule has 0 aromatic carbocycles. The first kappa shape index (κ1) is 16.1. The van der Waals surface area contributed by atoms with E-state index in [0.717, 1.165) is 0 Å². The fourth-order valence-electron chi connectivity index (χ4n) is 2.04. The van der Waals surface area contributed by atoms with Gasteiger partial charge in [0.25, 0.3) is 0 Å². The molecule has 19 heavy (non-hydrogen) atoms. The lowest BCUT2D eigenvalue weighted by atomic mass is 9.84. The molecule has 0 spiro atoms. The third kappa shape index (κ3) is 3.55. The van der Waals surface area contributed by atoms with E-state index in [9.17, 15) is 13.8 Å². The van der Waals surface area contributed by atoms with Gasteiger partial charge in [0, 0.05) is 28.9 Å². The molecule has 0 aromatic heterocycles. The monoisotopic (exact) mass is 288 g/mol. The molecular formula is C13H24N2O3S. The van der Waals surface area contributed by atoms with Crippen LogP contribution >= 0.6 is 0 Å². The molecule has 0 aromatic rings. The Morgan fingerprint density at radius 1 is 1.37 bits per heavy atom. The van der Waals surface area contributed by atoms with Gasteiger partial charge in [-0.2, -0.15) is 0 Å². The van der Waals surface area contributed by atoms with Crippen molar-refractivity contribution in [3.8, 4) is 0 Å². The smallest absolute Gasteiger partial charge is 0.246 e. The number of piperazine rings is 1. The number of nitrogens with zero attached hydrogens (tertiary/aromatic N) is 1. The summed E-state index contributed by atoms with van der Waals surface area (Å²) in [5, 5.41) is 2.64. The molecule has 1 heterocycles. The van der Waals surface area contributed by atoms with E-state index in [0.29, 0.717) is 6.54 Å². The van der Waals surface area contributed by atoms with Crippen molar-refractivity contribution in [2.75, 3.05) is 12.8 Å². The average Bonchev–Trinajstić information content (AvgIpc) is 2.27. The molecule has 1 aliphatic heterocycles. The van der Waals surface area contributed by atoms with E-state index in [4.69, 9.17) is 0 Å². The van der Waals surface area contributed by atoms with E-state index in [2.05, 4.69) is 5.32 Å². The van der Waals surface area contributed by atoms with Gasteiger partial charge in [-0.15, -0.1) is 0 Å². The largest absolute Gasteiger partial charge is 0.342 e. The zero-order valence-electron chi connectivity index (χ0n) is 12.5. The molecule has 4 atom stereocenters. The topological polar surface area (TPSA) is 66.5 Å². The van der Waals surface area contributed by atoms with Crippen LogP contribution in [0.3, 0.4) is 0 Å². The number of nitrogens with one attached hydrogen (secondary N) is 1. The summed E-state index contributed by atoms with van der Waals surface area (Å²) in [5.74, 6) is -0.231. The fraction of sp³-hybridized carbons (Fsp3) is 0.846. The molecule has 2 amide bonds. The molecule has 1 rings (SSSR count). The molecule has 1 aliphatic rings. The maximum Gasteiger partial charge on any atom is 0.246 e. The second-order valence-electron chi connectivity index (χ2n) is 6.28. The molecule has 110 valence electrons. The average molecular weight is 288 g/mol. The van der Waals surface area contributed by atoms with Crippen molar-refractivity contribution in [2.45, 2.75) is 52.0 Å². The first-order valence-electron chi connectivity index (χ1n) is 6.48. The van der Waals surface area contributed by atoms with Crippen molar-refractivity contribution in [1.29, 1.82) is 0 Å². The molecule has 0 aliphatic carbocycles. The van der Waals surface area contributed by atoms with Crippen LogP contribution in [0.5, 0.6) is 0 Å². The Labute approximate surface area is 117 Å². The summed E-state index contributed by atoms with van der Waals surface area (Å²) >= 11 is 0. The molecule has 0 bridgehead atoms. The summed E-state index contributed by atoms with van der Waals surface area (Å²) in [5.41, 5.74) is -0.334. The van der Waals surface area contributed by atoms with Crippen LogP contribution in [-0.2, 0) is 20.4 Å². The fourth-order valence-corrected chi connectivity index (χ4v) is 2.41. The zero-order valence-corrected chi connectivity index (χ0v) is 13.3. The van der Waals surface area contributed by atoms with Crippen molar-refractivity contribution < 1.29 is 13.8 Å². The van der Waals surface area contributed by atoms with Gasteiger partial charge < -0.3 is 10.2 Å². The minimum Gasteiger partial charge on any atom is -0.342 e. The van der Waals surface area contributed by atoms with E-state index in [1.54, 1.807) is 18.1 Å². The van der Waals surface area contributed by atoms with Crippen LogP contribution in [0.25, 0.3) is 0 Å². The minimum absolute atomic E-state index is 0.0862. The van der Waals surface area contributed by atoms with Crippen LogP contribution in [-0.4, -0.2) is 51.1 Å². The van der Waals surface area contributed by atoms with Gasteiger partial charge in [0.05, 0.1) is 0 Å². The van der Waals surface area contributed by atoms with E-state index < -0.39 is 22.9 Å². The highest BCUT2D eigenvalue weighted by Gasteiger charge is 2.43. The number of hydrogen-bond donors (Lipinski definition) is 1. The molecule has 0 saturated carbocycles. The SMILES string of the molecule is CC1C(=O)NC(C(C)(C)C)C(=O)N1CC(C)S(C)=O. The normalized spacial score (nSPS) is 28.0. The number of hydrogen-bond acceptors (Lipinski definition) is 3. The van der Waals surface area contributed by atoms with E-state index in [-0.39, 0.29) is 22.5 Å². The van der Waals surface area contributed by atoms with Crippen molar-refractivity contribution in [3.05, 3.63) is 0 Å². The second kappa shape index (κ2) is 5.61. The zero-order chi connectivity index (χ0) is 15.0. The van der Waals surface area contributed by atoms with Crippen LogP contribution < -0.4 is 5.32 Å². The molecule has 1 saturated heterocycles. The van der Waals surface area contributed by atoms with Gasteiger partial charge in [-0.3, -0.25) is 13.8 Å². The van der Waals surface area contributed by atoms with Crippen molar-refractivity contribution in [2.24, 2.45) is 5.41 Å².